The van der Waals surface area contributed by atoms with E-state index in [1.165, 1.54) is 6.07 Å². The highest BCUT2D eigenvalue weighted by Crippen LogP contribution is 2.21. The van der Waals surface area contributed by atoms with Gasteiger partial charge in [0, 0.05) is 10.0 Å². The van der Waals surface area contributed by atoms with E-state index in [2.05, 4.69) is 21.2 Å². The fourth-order valence-corrected chi connectivity index (χ4v) is 2.02. The Bertz CT molecular complexity index is 624. The first-order chi connectivity index (χ1) is 8.97. The topological polar surface area (TPSA) is 62.5 Å². The van der Waals surface area contributed by atoms with Crippen molar-refractivity contribution in [1.82, 2.24) is 0 Å². The first kappa shape index (κ1) is 13.6. The number of halogens is 2. The van der Waals surface area contributed by atoms with Crippen molar-refractivity contribution in [2.75, 3.05) is 5.32 Å². The standard InChI is InChI=1S/C13H11BrFNO3/c1-7-4-9(19-12(7)13(17)18)6-16-11-5-8(14)2-3-10(11)15/h2-5,16H,6H2,1H3,(H,17,18). The van der Waals surface area contributed by atoms with Crippen molar-refractivity contribution in [3.63, 3.8) is 0 Å². The van der Waals surface area contributed by atoms with Gasteiger partial charge in [0.15, 0.2) is 0 Å². The van der Waals surface area contributed by atoms with Crippen molar-refractivity contribution >= 4 is 27.6 Å². The van der Waals surface area contributed by atoms with Crippen LogP contribution in [0.2, 0.25) is 0 Å². The molecule has 1 aromatic heterocycles. The van der Waals surface area contributed by atoms with Crippen LogP contribution in [0.5, 0.6) is 0 Å². The van der Waals surface area contributed by atoms with Gasteiger partial charge >= 0.3 is 5.97 Å². The molecule has 0 saturated carbocycles. The van der Waals surface area contributed by atoms with Gasteiger partial charge in [0.1, 0.15) is 11.6 Å². The van der Waals surface area contributed by atoms with Crippen LogP contribution in [0.1, 0.15) is 21.9 Å². The molecule has 0 aliphatic carbocycles. The number of carboxylic acid groups (broad SMARTS) is 1. The zero-order chi connectivity index (χ0) is 14.0. The monoisotopic (exact) mass is 327 g/mol. The van der Waals surface area contributed by atoms with Gasteiger partial charge in [0.25, 0.3) is 0 Å². The molecule has 1 heterocycles. The summed E-state index contributed by atoms with van der Waals surface area (Å²) < 4.78 is 19.4. The van der Waals surface area contributed by atoms with Crippen molar-refractivity contribution < 1.29 is 18.7 Å². The van der Waals surface area contributed by atoms with E-state index >= 15 is 0 Å². The summed E-state index contributed by atoms with van der Waals surface area (Å²) in [6.07, 6.45) is 0. The highest BCUT2D eigenvalue weighted by Gasteiger charge is 2.14. The van der Waals surface area contributed by atoms with Crippen LogP contribution < -0.4 is 5.32 Å². The number of furan rings is 1. The van der Waals surface area contributed by atoms with Gasteiger partial charge in [-0.2, -0.15) is 0 Å². The van der Waals surface area contributed by atoms with Crippen molar-refractivity contribution in [2.24, 2.45) is 0 Å². The van der Waals surface area contributed by atoms with Crippen molar-refractivity contribution in [1.29, 1.82) is 0 Å². The lowest BCUT2D eigenvalue weighted by molar-refractivity contribution is 0.0659. The van der Waals surface area contributed by atoms with Crippen LogP contribution >= 0.6 is 15.9 Å². The summed E-state index contributed by atoms with van der Waals surface area (Å²) in [5, 5.41) is 11.7. The molecular formula is C13H11BrFNO3. The third kappa shape index (κ3) is 3.14. The van der Waals surface area contributed by atoms with Gasteiger partial charge in [0.05, 0.1) is 12.2 Å². The van der Waals surface area contributed by atoms with E-state index in [0.717, 1.165) is 4.47 Å². The highest BCUT2D eigenvalue weighted by atomic mass is 79.9. The zero-order valence-corrected chi connectivity index (χ0v) is 11.6. The Balaban J connectivity index is 2.12. The van der Waals surface area contributed by atoms with Crippen LogP contribution in [0.4, 0.5) is 10.1 Å². The Morgan fingerprint density at radius 2 is 2.21 bits per heavy atom. The Morgan fingerprint density at radius 1 is 1.47 bits per heavy atom. The van der Waals surface area contributed by atoms with Gasteiger partial charge in [-0.05, 0) is 31.2 Å². The molecule has 0 spiro atoms. The molecule has 0 aliphatic rings. The average Bonchev–Trinajstić information content (AvgIpc) is 2.72. The third-order valence-electron chi connectivity index (χ3n) is 2.54. The number of rotatable bonds is 4. The van der Waals surface area contributed by atoms with E-state index in [-0.39, 0.29) is 18.1 Å². The minimum Gasteiger partial charge on any atom is -0.475 e. The molecule has 0 bridgehead atoms. The number of hydrogen-bond acceptors (Lipinski definition) is 3. The van der Waals surface area contributed by atoms with Crippen LogP contribution in [-0.2, 0) is 6.54 Å². The Morgan fingerprint density at radius 3 is 2.84 bits per heavy atom. The molecule has 0 atom stereocenters. The molecule has 0 unspecified atom stereocenters. The lowest BCUT2D eigenvalue weighted by Gasteiger charge is -2.06. The first-order valence-electron chi connectivity index (χ1n) is 5.49. The van der Waals surface area contributed by atoms with E-state index in [9.17, 15) is 9.18 Å². The number of hydrogen-bond donors (Lipinski definition) is 2. The molecule has 2 aromatic rings. The second-order valence-corrected chi connectivity index (χ2v) is 4.92. The van der Waals surface area contributed by atoms with Gasteiger partial charge in [-0.25, -0.2) is 9.18 Å². The number of anilines is 1. The number of carbonyl (C=O) groups is 1. The largest absolute Gasteiger partial charge is 0.475 e. The molecule has 6 heteroatoms. The minimum absolute atomic E-state index is 0.0912. The lowest BCUT2D eigenvalue weighted by atomic mass is 10.2. The van der Waals surface area contributed by atoms with Crippen LogP contribution in [0, 0.1) is 12.7 Å². The molecule has 2 rings (SSSR count). The average molecular weight is 328 g/mol. The van der Waals surface area contributed by atoms with Crippen molar-refractivity contribution in [3.8, 4) is 0 Å². The summed E-state index contributed by atoms with van der Waals surface area (Å²) in [5.41, 5.74) is 0.860. The first-order valence-corrected chi connectivity index (χ1v) is 6.28. The molecule has 0 fully saturated rings. The van der Waals surface area contributed by atoms with E-state index in [0.29, 0.717) is 17.0 Å². The maximum absolute atomic E-state index is 13.5. The van der Waals surface area contributed by atoms with Crippen LogP contribution in [0.25, 0.3) is 0 Å². The molecule has 100 valence electrons. The van der Waals surface area contributed by atoms with Crippen molar-refractivity contribution in [3.05, 3.63) is 51.6 Å². The van der Waals surface area contributed by atoms with Gasteiger partial charge in [0.2, 0.25) is 5.76 Å². The summed E-state index contributed by atoms with van der Waals surface area (Å²) in [4.78, 5) is 10.8. The number of carboxylic acids is 1. The predicted octanol–water partition coefficient (Wildman–Crippen LogP) is 3.80. The van der Waals surface area contributed by atoms with Gasteiger partial charge in [-0.3, -0.25) is 0 Å². The number of benzene rings is 1. The molecule has 0 saturated heterocycles. The molecular weight excluding hydrogens is 317 g/mol. The Hall–Kier alpha value is -1.82. The van der Waals surface area contributed by atoms with Gasteiger partial charge < -0.3 is 14.8 Å². The fourth-order valence-electron chi connectivity index (χ4n) is 1.66. The van der Waals surface area contributed by atoms with Crippen molar-refractivity contribution in [2.45, 2.75) is 13.5 Å². The minimum atomic E-state index is -1.11. The van der Waals surface area contributed by atoms with Crippen LogP contribution in [0.15, 0.2) is 33.2 Å². The highest BCUT2D eigenvalue weighted by molar-refractivity contribution is 9.10. The number of aryl methyl sites for hydroxylation is 1. The smallest absolute Gasteiger partial charge is 0.372 e. The molecule has 19 heavy (non-hydrogen) atoms. The maximum Gasteiger partial charge on any atom is 0.372 e. The predicted molar refractivity (Wildman–Crippen MR) is 71.8 cm³/mol. The molecule has 4 nitrogen and oxygen atoms in total. The van der Waals surface area contributed by atoms with E-state index < -0.39 is 5.97 Å². The molecule has 0 radical (unpaired) electrons. The van der Waals surface area contributed by atoms with E-state index in [1.807, 2.05) is 0 Å². The molecule has 1 aromatic carbocycles. The van der Waals surface area contributed by atoms with E-state index in [4.69, 9.17) is 9.52 Å². The van der Waals surface area contributed by atoms with Gasteiger partial charge in [-0.15, -0.1) is 0 Å². The summed E-state index contributed by atoms with van der Waals surface area (Å²) in [5.74, 6) is -1.15. The molecule has 0 aliphatic heterocycles. The Kier molecular flexibility index (Phi) is 3.90. The summed E-state index contributed by atoms with van der Waals surface area (Å²) >= 11 is 3.25. The SMILES string of the molecule is Cc1cc(CNc2cc(Br)ccc2F)oc1C(=O)O. The van der Waals surface area contributed by atoms with Crippen LogP contribution in [0.3, 0.4) is 0 Å². The quantitative estimate of drug-likeness (QED) is 0.896. The lowest BCUT2D eigenvalue weighted by Crippen LogP contribution is -2.00. The fraction of sp³-hybridized carbons (Fsp3) is 0.154. The third-order valence-corrected chi connectivity index (χ3v) is 3.04. The molecule has 0 amide bonds. The summed E-state index contributed by atoms with van der Waals surface area (Å²) in [7, 11) is 0. The summed E-state index contributed by atoms with van der Waals surface area (Å²) in [6.45, 7) is 1.86. The second-order valence-electron chi connectivity index (χ2n) is 4.01. The second kappa shape index (κ2) is 5.44. The van der Waals surface area contributed by atoms with Crippen LogP contribution in [-0.4, -0.2) is 11.1 Å². The Labute approximate surface area is 117 Å². The van der Waals surface area contributed by atoms with E-state index in [1.54, 1.807) is 25.1 Å². The summed E-state index contributed by atoms with van der Waals surface area (Å²) in [6, 6.07) is 6.15. The normalized spacial score (nSPS) is 10.5. The number of aromatic carboxylic acids is 1. The number of nitrogens with one attached hydrogen (secondary N) is 1. The molecule has 2 N–H and O–H groups in total. The van der Waals surface area contributed by atoms with Gasteiger partial charge in [-0.1, -0.05) is 15.9 Å². The zero-order valence-electron chi connectivity index (χ0n) is 10.0. The maximum atomic E-state index is 13.5.